The molecule has 0 aliphatic heterocycles. The Balaban J connectivity index is 2.02. The largest absolute Gasteiger partial charge is 0.477 e. The molecule has 3 rings (SSSR count). The molecule has 27 heavy (non-hydrogen) atoms. The summed E-state index contributed by atoms with van der Waals surface area (Å²) < 4.78 is 7.19. The van der Waals surface area contributed by atoms with E-state index in [-0.39, 0.29) is 23.4 Å². The fourth-order valence-electron chi connectivity index (χ4n) is 3.95. The number of carbonyl (C=O) groups is 2. The van der Waals surface area contributed by atoms with E-state index in [1.807, 2.05) is 20.8 Å². The van der Waals surface area contributed by atoms with Crippen LogP contribution in [0.25, 0.3) is 11.0 Å². The number of hydrogen-bond donors (Lipinski definition) is 1. The third-order valence-corrected chi connectivity index (χ3v) is 5.14. The summed E-state index contributed by atoms with van der Waals surface area (Å²) in [6, 6.07) is 1.57. The Labute approximate surface area is 162 Å². The standard InChI is InChI=1S/C19H24ClN3O4/c1-18(2,3)27-14(24)6-9-19(7-4-5-8-19)23-13(16(25)26)10-12-11-21-17(20)22-15(12)23/h10-11H,4-9H2,1-3H3,(H,25,26). The number of fused-ring (bicyclic) bond motifs is 1. The van der Waals surface area contributed by atoms with Gasteiger partial charge in [0.1, 0.15) is 16.9 Å². The Kier molecular flexibility index (Phi) is 5.16. The molecule has 0 bridgehead atoms. The van der Waals surface area contributed by atoms with Crippen molar-refractivity contribution in [2.45, 2.75) is 70.4 Å². The molecule has 2 heterocycles. The Morgan fingerprint density at radius 2 is 2.00 bits per heavy atom. The van der Waals surface area contributed by atoms with Crippen LogP contribution in [-0.4, -0.2) is 37.2 Å². The molecule has 0 aromatic carbocycles. The fourth-order valence-corrected chi connectivity index (χ4v) is 4.08. The number of halogens is 1. The molecule has 0 unspecified atom stereocenters. The normalized spacial score (nSPS) is 16.6. The molecule has 1 fully saturated rings. The first-order valence-electron chi connectivity index (χ1n) is 9.11. The number of esters is 1. The summed E-state index contributed by atoms with van der Waals surface area (Å²) in [7, 11) is 0. The van der Waals surface area contributed by atoms with Gasteiger partial charge in [-0.2, -0.15) is 4.98 Å². The highest BCUT2D eigenvalue weighted by Gasteiger charge is 2.40. The Morgan fingerprint density at radius 1 is 1.33 bits per heavy atom. The third kappa shape index (κ3) is 4.08. The van der Waals surface area contributed by atoms with E-state index in [0.29, 0.717) is 17.5 Å². The maximum absolute atomic E-state index is 12.3. The number of aromatic carboxylic acids is 1. The van der Waals surface area contributed by atoms with Crippen LogP contribution >= 0.6 is 11.6 Å². The number of hydrogen-bond acceptors (Lipinski definition) is 5. The predicted octanol–water partition coefficient (Wildman–Crippen LogP) is 4.17. The molecule has 0 amide bonds. The molecule has 1 saturated carbocycles. The number of ether oxygens (including phenoxy) is 1. The van der Waals surface area contributed by atoms with E-state index in [1.165, 1.54) is 6.20 Å². The van der Waals surface area contributed by atoms with Crippen molar-refractivity contribution in [2.75, 3.05) is 0 Å². The second-order valence-electron chi connectivity index (χ2n) is 8.11. The molecular weight excluding hydrogens is 370 g/mol. The average Bonchev–Trinajstić information content (AvgIpc) is 3.16. The van der Waals surface area contributed by atoms with Gasteiger partial charge in [-0.3, -0.25) is 4.79 Å². The van der Waals surface area contributed by atoms with Gasteiger partial charge in [0.2, 0.25) is 5.28 Å². The van der Waals surface area contributed by atoms with E-state index in [0.717, 1.165) is 25.7 Å². The maximum Gasteiger partial charge on any atom is 0.352 e. The highest BCUT2D eigenvalue weighted by atomic mass is 35.5. The molecule has 7 nitrogen and oxygen atoms in total. The average molecular weight is 394 g/mol. The van der Waals surface area contributed by atoms with Crippen molar-refractivity contribution < 1.29 is 19.4 Å². The summed E-state index contributed by atoms with van der Waals surface area (Å²) >= 11 is 5.97. The van der Waals surface area contributed by atoms with Crippen LogP contribution in [0.2, 0.25) is 5.28 Å². The van der Waals surface area contributed by atoms with Crippen LogP contribution in [0.5, 0.6) is 0 Å². The maximum atomic E-state index is 12.3. The summed E-state index contributed by atoms with van der Waals surface area (Å²) in [6.45, 7) is 5.49. The summed E-state index contributed by atoms with van der Waals surface area (Å²) in [4.78, 5) is 32.4. The zero-order valence-corrected chi connectivity index (χ0v) is 16.5. The molecule has 2 aromatic rings. The van der Waals surface area contributed by atoms with Gasteiger partial charge >= 0.3 is 11.9 Å². The molecule has 1 aliphatic rings. The number of rotatable bonds is 5. The van der Waals surface area contributed by atoms with Gasteiger partial charge in [-0.1, -0.05) is 12.8 Å². The Bertz CT molecular complexity index is 879. The number of carboxylic acids is 1. The highest BCUT2D eigenvalue weighted by molar-refractivity contribution is 6.28. The molecule has 1 N–H and O–H groups in total. The molecule has 8 heteroatoms. The van der Waals surface area contributed by atoms with Crippen LogP contribution < -0.4 is 0 Å². The number of nitrogens with zero attached hydrogens (tertiary/aromatic N) is 3. The minimum absolute atomic E-state index is 0.0686. The van der Waals surface area contributed by atoms with Crippen molar-refractivity contribution >= 4 is 34.6 Å². The van der Waals surface area contributed by atoms with Gasteiger partial charge in [0, 0.05) is 23.5 Å². The lowest BCUT2D eigenvalue weighted by Crippen LogP contribution is -2.34. The Morgan fingerprint density at radius 3 is 2.59 bits per heavy atom. The van der Waals surface area contributed by atoms with Crippen LogP contribution in [0, 0.1) is 0 Å². The van der Waals surface area contributed by atoms with Crippen LogP contribution in [0.15, 0.2) is 12.3 Å². The van der Waals surface area contributed by atoms with Crippen molar-refractivity contribution in [3.63, 3.8) is 0 Å². The lowest BCUT2D eigenvalue weighted by atomic mass is 9.90. The Hall–Kier alpha value is -2.15. The fraction of sp³-hybridized carbons (Fsp3) is 0.579. The highest BCUT2D eigenvalue weighted by Crippen LogP contribution is 2.43. The first-order valence-corrected chi connectivity index (χ1v) is 9.49. The van der Waals surface area contributed by atoms with Crippen LogP contribution in [0.1, 0.15) is 69.8 Å². The molecule has 146 valence electrons. The zero-order valence-electron chi connectivity index (χ0n) is 15.8. The smallest absolute Gasteiger partial charge is 0.352 e. The third-order valence-electron chi connectivity index (χ3n) is 4.95. The number of aromatic nitrogens is 3. The van der Waals surface area contributed by atoms with Crippen molar-refractivity contribution in [1.29, 1.82) is 0 Å². The second kappa shape index (κ2) is 7.11. The molecular formula is C19H24ClN3O4. The van der Waals surface area contributed by atoms with E-state index in [1.54, 1.807) is 10.6 Å². The molecule has 2 aromatic heterocycles. The summed E-state index contributed by atoms with van der Waals surface area (Å²) in [5.41, 5.74) is -0.400. The predicted molar refractivity (Wildman–Crippen MR) is 101 cm³/mol. The van der Waals surface area contributed by atoms with Crippen molar-refractivity contribution in [2.24, 2.45) is 0 Å². The first kappa shape index (κ1) is 19.6. The van der Waals surface area contributed by atoms with Crippen LogP contribution in [-0.2, 0) is 15.1 Å². The minimum atomic E-state index is -1.03. The topological polar surface area (TPSA) is 94.3 Å². The van der Waals surface area contributed by atoms with Crippen molar-refractivity contribution in [3.05, 3.63) is 23.2 Å². The minimum Gasteiger partial charge on any atom is -0.477 e. The molecule has 0 atom stereocenters. The van der Waals surface area contributed by atoms with E-state index < -0.39 is 17.1 Å². The van der Waals surface area contributed by atoms with Gasteiger partial charge in [0.25, 0.3) is 0 Å². The lowest BCUT2D eigenvalue weighted by Gasteiger charge is -2.33. The molecule has 1 aliphatic carbocycles. The van der Waals surface area contributed by atoms with Gasteiger partial charge in [-0.25, -0.2) is 9.78 Å². The van der Waals surface area contributed by atoms with Gasteiger partial charge < -0.3 is 14.4 Å². The number of carboxylic acid groups (broad SMARTS) is 1. The van der Waals surface area contributed by atoms with Gasteiger partial charge in [-0.15, -0.1) is 0 Å². The van der Waals surface area contributed by atoms with E-state index in [2.05, 4.69) is 9.97 Å². The van der Waals surface area contributed by atoms with E-state index in [4.69, 9.17) is 16.3 Å². The second-order valence-corrected chi connectivity index (χ2v) is 8.44. The molecule has 0 spiro atoms. The van der Waals surface area contributed by atoms with Crippen LogP contribution in [0.4, 0.5) is 0 Å². The van der Waals surface area contributed by atoms with Crippen molar-refractivity contribution in [1.82, 2.24) is 14.5 Å². The summed E-state index contributed by atoms with van der Waals surface area (Å²) in [5.74, 6) is -1.32. The first-order chi connectivity index (χ1) is 12.6. The van der Waals surface area contributed by atoms with Gasteiger partial charge in [0.15, 0.2) is 0 Å². The van der Waals surface area contributed by atoms with E-state index in [9.17, 15) is 14.7 Å². The van der Waals surface area contributed by atoms with E-state index >= 15 is 0 Å². The molecule has 0 radical (unpaired) electrons. The van der Waals surface area contributed by atoms with Gasteiger partial charge in [0.05, 0.1) is 0 Å². The number of carbonyl (C=O) groups excluding carboxylic acids is 1. The summed E-state index contributed by atoms with van der Waals surface area (Å²) in [6.07, 6.45) is 5.73. The SMILES string of the molecule is CC(C)(C)OC(=O)CCC1(n2c(C(=O)O)cc3cnc(Cl)nc32)CCCC1. The van der Waals surface area contributed by atoms with Crippen molar-refractivity contribution in [3.8, 4) is 0 Å². The quantitative estimate of drug-likeness (QED) is 0.605. The lowest BCUT2D eigenvalue weighted by molar-refractivity contribution is -0.155. The van der Waals surface area contributed by atoms with Gasteiger partial charge in [-0.05, 0) is 57.7 Å². The molecule has 0 saturated heterocycles. The zero-order chi connectivity index (χ0) is 19.8. The monoisotopic (exact) mass is 393 g/mol. The summed E-state index contributed by atoms with van der Waals surface area (Å²) in [5, 5.41) is 10.4. The van der Waals surface area contributed by atoms with Crippen LogP contribution in [0.3, 0.4) is 0 Å².